The van der Waals surface area contributed by atoms with E-state index >= 15 is 0 Å². The smallest absolute Gasteiger partial charge is 0.407 e. The number of nitrogens with zero attached hydrogens (tertiary/aromatic N) is 1. The molecule has 1 heterocycles. The molecule has 0 unspecified atom stereocenters. The fourth-order valence-electron chi connectivity index (χ4n) is 5.29. The molecule has 0 spiro atoms. The molecule has 7 nitrogen and oxygen atoms in total. The van der Waals surface area contributed by atoms with Crippen molar-refractivity contribution in [3.05, 3.63) is 59.7 Å². The van der Waals surface area contributed by atoms with Crippen LogP contribution >= 0.6 is 0 Å². The van der Waals surface area contributed by atoms with Crippen LogP contribution < -0.4 is 5.32 Å². The summed E-state index contributed by atoms with van der Waals surface area (Å²) in [4.78, 5) is 38.8. The Morgan fingerprint density at radius 1 is 1.12 bits per heavy atom. The van der Waals surface area contributed by atoms with Crippen LogP contribution in [0.3, 0.4) is 0 Å². The predicted octanol–water partition coefficient (Wildman–Crippen LogP) is 4.55. The van der Waals surface area contributed by atoms with Crippen LogP contribution in [0.4, 0.5) is 4.79 Å². The number of amides is 2. The number of fused-ring (bicyclic) bond motifs is 3. The lowest BCUT2D eigenvalue weighted by molar-refractivity contribution is -0.155. The summed E-state index contributed by atoms with van der Waals surface area (Å²) >= 11 is 0. The Kier molecular flexibility index (Phi) is 6.91. The van der Waals surface area contributed by atoms with Crippen molar-refractivity contribution in [1.82, 2.24) is 10.2 Å². The number of carbonyl (C=O) groups is 3. The van der Waals surface area contributed by atoms with Crippen molar-refractivity contribution in [3.8, 4) is 11.1 Å². The van der Waals surface area contributed by atoms with Gasteiger partial charge in [-0.15, -0.1) is 0 Å². The highest BCUT2D eigenvalue weighted by Gasteiger charge is 2.46. The second-order valence-electron chi connectivity index (χ2n) is 9.39. The van der Waals surface area contributed by atoms with Gasteiger partial charge in [0.1, 0.15) is 12.1 Å². The zero-order valence-corrected chi connectivity index (χ0v) is 19.8. The van der Waals surface area contributed by atoms with E-state index in [0.717, 1.165) is 28.7 Å². The van der Waals surface area contributed by atoms with Gasteiger partial charge >= 0.3 is 12.1 Å². The first-order chi connectivity index (χ1) is 16.3. The molecule has 1 aliphatic heterocycles. The van der Waals surface area contributed by atoms with Crippen LogP contribution in [-0.2, 0) is 14.3 Å². The molecule has 0 bridgehead atoms. The van der Waals surface area contributed by atoms with Gasteiger partial charge in [0.2, 0.25) is 5.91 Å². The van der Waals surface area contributed by atoms with Crippen LogP contribution in [0, 0.1) is 0 Å². The van der Waals surface area contributed by atoms with Crippen LogP contribution in [0.25, 0.3) is 11.1 Å². The van der Waals surface area contributed by atoms with Crippen molar-refractivity contribution in [2.24, 2.45) is 0 Å². The zero-order valence-electron chi connectivity index (χ0n) is 19.8. The zero-order chi connectivity index (χ0) is 24.3. The highest BCUT2D eigenvalue weighted by atomic mass is 16.5. The molecular weight excluding hydrogens is 432 g/mol. The highest BCUT2D eigenvalue weighted by Crippen LogP contribution is 2.44. The van der Waals surface area contributed by atoms with Crippen LogP contribution in [0.1, 0.15) is 63.0 Å². The van der Waals surface area contributed by atoms with E-state index in [9.17, 15) is 19.5 Å². The van der Waals surface area contributed by atoms with E-state index < -0.39 is 23.6 Å². The molecule has 34 heavy (non-hydrogen) atoms. The maximum absolute atomic E-state index is 12.9. The largest absolute Gasteiger partial charge is 0.480 e. The number of carboxylic acid groups (broad SMARTS) is 1. The number of benzene rings is 2. The topological polar surface area (TPSA) is 95.9 Å². The third kappa shape index (κ3) is 4.52. The van der Waals surface area contributed by atoms with Crippen molar-refractivity contribution < 1.29 is 24.2 Å². The van der Waals surface area contributed by atoms with Gasteiger partial charge in [-0.05, 0) is 48.4 Å². The highest BCUT2D eigenvalue weighted by molar-refractivity contribution is 5.88. The van der Waals surface area contributed by atoms with Crippen molar-refractivity contribution >= 4 is 18.0 Å². The van der Waals surface area contributed by atoms with E-state index in [2.05, 4.69) is 29.6 Å². The summed E-state index contributed by atoms with van der Waals surface area (Å²) in [6, 6.07) is 15.9. The van der Waals surface area contributed by atoms with Gasteiger partial charge in [0.05, 0.1) is 0 Å². The first kappa shape index (κ1) is 23.8. The van der Waals surface area contributed by atoms with E-state index in [-0.39, 0.29) is 24.9 Å². The predicted molar refractivity (Wildman–Crippen MR) is 129 cm³/mol. The maximum atomic E-state index is 12.9. The molecule has 2 aromatic rings. The summed E-state index contributed by atoms with van der Waals surface area (Å²) in [5.74, 6) is -1.28. The minimum atomic E-state index is -1.18. The fraction of sp³-hybridized carbons (Fsp3) is 0.444. The number of aliphatic carboxylic acids is 1. The number of alkyl carbamates (subject to hydrolysis) is 1. The second-order valence-corrected chi connectivity index (χ2v) is 9.39. The Morgan fingerprint density at radius 2 is 1.74 bits per heavy atom. The third-order valence-electron chi connectivity index (χ3n) is 7.13. The molecule has 4 rings (SSSR count). The lowest BCUT2D eigenvalue weighted by Crippen LogP contribution is -2.52. The van der Waals surface area contributed by atoms with Crippen LogP contribution in [-0.4, -0.2) is 52.7 Å². The van der Waals surface area contributed by atoms with Crippen LogP contribution in [0.15, 0.2) is 48.5 Å². The van der Waals surface area contributed by atoms with Crippen molar-refractivity contribution in [2.75, 3.05) is 13.2 Å². The normalized spacial score (nSPS) is 19.9. The Bertz CT molecular complexity index is 1040. The molecule has 2 N–H and O–H groups in total. The number of likely N-dealkylation sites (tertiary alicyclic amines) is 1. The average Bonchev–Trinajstić information content (AvgIpc) is 3.37. The van der Waals surface area contributed by atoms with Gasteiger partial charge in [-0.3, -0.25) is 4.79 Å². The molecule has 0 aromatic heterocycles. The lowest BCUT2D eigenvalue weighted by atomic mass is 9.98. The molecule has 180 valence electrons. The minimum Gasteiger partial charge on any atom is -0.480 e. The number of ether oxygens (including phenoxy) is 1. The standard InChI is InChI=1S/C27H32N2O5/c1-3-9-18(16-24(30)29-15-8-14-27(29,2)25(31)32)28-26(33)34-17-23-21-12-6-4-10-19(21)20-11-5-7-13-22(20)23/h4-7,10-13,18,23H,3,8-9,14-17H2,1-2H3,(H,28,33)(H,31,32)/t18-,27+/m1/s1. The molecule has 2 atom stereocenters. The van der Waals surface area contributed by atoms with Gasteiger partial charge in [0.15, 0.2) is 0 Å². The van der Waals surface area contributed by atoms with Crippen LogP contribution in [0.2, 0.25) is 0 Å². The number of carbonyl (C=O) groups excluding carboxylic acids is 2. The molecule has 2 aromatic carbocycles. The van der Waals surface area contributed by atoms with E-state index in [1.54, 1.807) is 6.92 Å². The van der Waals surface area contributed by atoms with Gasteiger partial charge in [-0.1, -0.05) is 61.9 Å². The monoisotopic (exact) mass is 464 g/mol. The van der Waals surface area contributed by atoms with E-state index in [1.807, 2.05) is 31.2 Å². The third-order valence-corrected chi connectivity index (χ3v) is 7.13. The second kappa shape index (κ2) is 9.87. The fourth-order valence-corrected chi connectivity index (χ4v) is 5.29. The Labute approximate surface area is 200 Å². The molecule has 0 saturated carbocycles. The lowest BCUT2D eigenvalue weighted by Gasteiger charge is -2.32. The molecule has 2 amide bonds. The Balaban J connectivity index is 1.39. The Morgan fingerprint density at radius 3 is 2.32 bits per heavy atom. The van der Waals surface area contributed by atoms with Gasteiger partial charge < -0.3 is 20.1 Å². The molecule has 7 heteroatoms. The number of nitrogens with one attached hydrogen (secondary N) is 1. The first-order valence-corrected chi connectivity index (χ1v) is 12.0. The van der Waals surface area contributed by atoms with Gasteiger partial charge in [0.25, 0.3) is 0 Å². The van der Waals surface area contributed by atoms with Gasteiger partial charge in [-0.2, -0.15) is 0 Å². The number of rotatable bonds is 8. The van der Waals surface area contributed by atoms with Crippen molar-refractivity contribution in [3.63, 3.8) is 0 Å². The quantitative estimate of drug-likeness (QED) is 0.598. The van der Waals surface area contributed by atoms with E-state index in [4.69, 9.17) is 4.74 Å². The summed E-state index contributed by atoms with van der Waals surface area (Å²) in [5, 5.41) is 12.4. The summed E-state index contributed by atoms with van der Waals surface area (Å²) in [7, 11) is 0. The van der Waals surface area contributed by atoms with Crippen molar-refractivity contribution in [1.29, 1.82) is 0 Å². The summed E-state index contributed by atoms with van der Waals surface area (Å²) in [6.45, 7) is 4.20. The van der Waals surface area contributed by atoms with Gasteiger partial charge in [-0.25, -0.2) is 9.59 Å². The number of hydrogen-bond donors (Lipinski definition) is 2. The summed E-state index contributed by atoms with van der Waals surface area (Å²) < 4.78 is 5.63. The molecule has 0 radical (unpaired) electrons. The van der Waals surface area contributed by atoms with Crippen LogP contribution in [0.5, 0.6) is 0 Å². The van der Waals surface area contributed by atoms with Gasteiger partial charge in [0, 0.05) is 24.9 Å². The Hall–Kier alpha value is -3.35. The molecule has 1 aliphatic carbocycles. The summed E-state index contributed by atoms with van der Waals surface area (Å²) in [5.41, 5.74) is 3.41. The van der Waals surface area contributed by atoms with E-state index in [0.29, 0.717) is 25.8 Å². The average molecular weight is 465 g/mol. The van der Waals surface area contributed by atoms with E-state index in [1.165, 1.54) is 4.90 Å². The SMILES string of the molecule is CCC[C@H](CC(=O)N1CCC[C@@]1(C)C(=O)O)NC(=O)OCC1c2ccccc2-c2ccccc21. The molecule has 2 aliphatic rings. The first-order valence-electron chi connectivity index (χ1n) is 12.0. The number of carboxylic acids is 1. The van der Waals surface area contributed by atoms with Crippen molar-refractivity contribution in [2.45, 2.75) is 63.5 Å². The maximum Gasteiger partial charge on any atom is 0.407 e. The number of hydrogen-bond acceptors (Lipinski definition) is 4. The molecular formula is C27H32N2O5. The molecule has 1 saturated heterocycles. The summed E-state index contributed by atoms with van der Waals surface area (Å²) in [6.07, 6.45) is 1.97. The molecule has 1 fully saturated rings. The minimum absolute atomic E-state index is 0.0368.